The predicted octanol–water partition coefficient (Wildman–Crippen LogP) is 2.20. The van der Waals surface area contributed by atoms with Crippen LogP contribution in [0.2, 0.25) is 0 Å². The number of carbonyl (C=O) groups is 1. The predicted molar refractivity (Wildman–Crippen MR) is 133 cm³/mol. The van der Waals surface area contributed by atoms with Gasteiger partial charge in [-0.1, -0.05) is 17.7 Å². The molecule has 2 aromatic carbocycles. The fourth-order valence-corrected chi connectivity index (χ4v) is 4.43. The van der Waals surface area contributed by atoms with E-state index in [0.29, 0.717) is 28.3 Å². The van der Waals surface area contributed by atoms with Gasteiger partial charge in [-0.2, -0.15) is 10.2 Å². The third kappa shape index (κ3) is 6.31. The minimum atomic E-state index is -3.83. The van der Waals surface area contributed by atoms with E-state index >= 15 is 0 Å². The lowest BCUT2D eigenvalue weighted by Gasteiger charge is -2.10. The highest BCUT2D eigenvalue weighted by atomic mass is 32.2. The minimum Gasteiger partial charge on any atom is -0.496 e. The first kappa shape index (κ1) is 26.5. The lowest BCUT2D eigenvalue weighted by atomic mass is 10.1. The first-order valence-electron chi connectivity index (χ1n) is 10.8. The van der Waals surface area contributed by atoms with Crippen molar-refractivity contribution in [1.29, 1.82) is 0 Å². The molecule has 3 aromatic rings. The summed E-state index contributed by atoms with van der Waals surface area (Å²) in [6.07, 6.45) is 1.39. The molecule has 0 aliphatic rings. The summed E-state index contributed by atoms with van der Waals surface area (Å²) in [5.41, 5.74) is 5.19. The summed E-state index contributed by atoms with van der Waals surface area (Å²) < 4.78 is 33.7. The average molecular weight is 515 g/mol. The number of ether oxygens (including phenoxy) is 1. The molecule has 0 unspecified atom stereocenters. The molecule has 190 valence electrons. The maximum absolute atomic E-state index is 12.3. The number of rotatable bonds is 10. The Labute approximate surface area is 208 Å². The number of nitrogens with one attached hydrogen (secondary N) is 2. The van der Waals surface area contributed by atoms with Crippen LogP contribution in [-0.4, -0.2) is 48.9 Å². The fraction of sp³-hybridized carbons (Fsp3) is 0.261. The summed E-state index contributed by atoms with van der Waals surface area (Å²) in [7, 11) is -2.32. The van der Waals surface area contributed by atoms with Crippen LogP contribution in [0.4, 0.5) is 5.69 Å². The van der Waals surface area contributed by atoms with E-state index in [0.717, 1.165) is 5.56 Å². The van der Waals surface area contributed by atoms with Crippen LogP contribution in [0.25, 0.3) is 0 Å². The molecule has 0 aliphatic carbocycles. The number of aryl methyl sites for hydroxylation is 2. The maximum atomic E-state index is 12.3. The van der Waals surface area contributed by atoms with Gasteiger partial charge in [-0.25, -0.2) is 18.6 Å². The van der Waals surface area contributed by atoms with Crippen molar-refractivity contribution in [3.8, 4) is 5.75 Å². The molecule has 0 saturated carbocycles. The van der Waals surface area contributed by atoms with Crippen molar-refractivity contribution in [2.75, 3.05) is 13.7 Å². The Balaban J connectivity index is 1.65. The molecule has 36 heavy (non-hydrogen) atoms. The minimum absolute atomic E-state index is 0.0348. The summed E-state index contributed by atoms with van der Waals surface area (Å²) in [5, 5.41) is 19.4. The van der Waals surface area contributed by atoms with Gasteiger partial charge in [0.1, 0.15) is 17.1 Å². The summed E-state index contributed by atoms with van der Waals surface area (Å²) in [4.78, 5) is 22.9. The molecule has 0 atom stereocenters. The zero-order valence-corrected chi connectivity index (χ0v) is 21.0. The van der Waals surface area contributed by atoms with Gasteiger partial charge in [0.05, 0.1) is 36.2 Å². The lowest BCUT2D eigenvalue weighted by molar-refractivity contribution is -0.386. The zero-order chi connectivity index (χ0) is 26.5. The smallest absolute Gasteiger partial charge is 0.312 e. The first-order valence-corrected chi connectivity index (χ1v) is 12.2. The molecule has 0 fully saturated rings. The molecule has 0 bridgehead atoms. The topological polar surface area (TPSA) is 158 Å². The van der Waals surface area contributed by atoms with Gasteiger partial charge in [0.25, 0.3) is 5.91 Å². The van der Waals surface area contributed by atoms with E-state index in [9.17, 15) is 23.3 Å². The van der Waals surface area contributed by atoms with Gasteiger partial charge in [0.2, 0.25) is 10.0 Å². The van der Waals surface area contributed by atoms with E-state index in [1.54, 1.807) is 44.2 Å². The van der Waals surface area contributed by atoms with Crippen molar-refractivity contribution < 1.29 is 22.9 Å². The summed E-state index contributed by atoms with van der Waals surface area (Å²) in [6.45, 7) is 4.77. The Morgan fingerprint density at radius 1 is 1.19 bits per heavy atom. The Morgan fingerprint density at radius 3 is 2.50 bits per heavy atom. The van der Waals surface area contributed by atoms with Gasteiger partial charge in [-0.3, -0.25) is 19.6 Å². The SMILES string of the molecule is COc1ccc(/C=N\NC(=O)CNS(=O)(=O)c2ccc(C)cc2)cc1Cn1nc(C)c([N+](=O)[O-])c1C. The number of hydrogen-bond donors (Lipinski definition) is 2. The van der Waals surface area contributed by atoms with E-state index in [1.165, 1.54) is 30.1 Å². The largest absolute Gasteiger partial charge is 0.496 e. The number of hydrazone groups is 1. The normalized spacial score (nSPS) is 11.6. The number of methoxy groups -OCH3 is 1. The number of carbonyl (C=O) groups excluding carboxylic acids is 1. The van der Waals surface area contributed by atoms with Crippen molar-refractivity contribution in [3.63, 3.8) is 0 Å². The highest BCUT2D eigenvalue weighted by molar-refractivity contribution is 7.89. The standard InChI is InChI=1S/C23H26N6O6S/c1-15-5-8-20(9-6-15)36(33,34)25-13-22(30)26-24-12-18-7-10-21(35-4)19(11-18)14-28-17(3)23(29(31)32)16(2)27-28/h5-12,25H,13-14H2,1-4H3,(H,26,30)/b24-12-. The van der Waals surface area contributed by atoms with Crippen molar-refractivity contribution >= 4 is 27.8 Å². The van der Waals surface area contributed by atoms with E-state index in [2.05, 4.69) is 20.3 Å². The summed E-state index contributed by atoms with van der Waals surface area (Å²) in [6, 6.07) is 11.4. The second-order valence-electron chi connectivity index (χ2n) is 7.94. The van der Waals surface area contributed by atoms with Crippen LogP contribution in [0.3, 0.4) is 0 Å². The molecule has 1 amide bonds. The number of benzene rings is 2. The molecule has 1 aromatic heterocycles. The van der Waals surface area contributed by atoms with Gasteiger partial charge in [-0.05, 0) is 56.7 Å². The number of nitro groups is 1. The summed E-state index contributed by atoms with van der Waals surface area (Å²) in [5.74, 6) is -0.0949. The molecule has 0 aliphatic heterocycles. The molecule has 2 N–H and O–H groups in total. The van der Waals surface area contributed by atoms with Crippen molar-refractivity contribution in [2.45, 2.75) is 32.2 Å². The van der Waals surface area contributed by atoms with E-state index < -0.39 is 27.4 Å². The Morgan fingerprint density at radius 2 is 1.89 bits per heavy atom. The van der Waals surface area contributed by atoms with Crippen LogP contribution in [0.15, 0.2) is 52.5 Å². The molecular weight excluding hydrogens is 488 g/mol. The van der Waals surface area contributed by atoms with Gasteiger partial charge in [0.15, 0.2) is 0 Å². The number of hydrogen-bond acceptors (Lipinski definition) is 8. The van der Waals surface area contributed by atoms with E-state index in [1.807, 2.05) is 6.92 Å². The Bertz CT molecular complexity index is 1410. The molecular formula is C23H26N6O6S. The molecule has 1 heterocycles. The van der Waals surface area contributed by atoms with Crippen molar-refractivity contribution in [1.82, 2.24) is 19.9 Å². The van der Waals surface area contributed by atoms with Crippen molar-refractivity contribution in [2.24, 2.45) is 5.10 Å². The van der Waals surface area contributed by atoms with Crippen LogP contribution < -0.4 is 14.9 Å². The molecule has 13 heteroatoms. The monoisotopic (exact) mass is 514 g/mol. The Hall–Kier alpha value is -4.10. The molecule has 12 nitrogen and oxygen atoms in total. The first-order chi connectivity index (χ1) is 17.0. The molecule has 3 rings (SSSR count). The van der Waals surface area contributed by atoms with E-state index in [4.69, 9.17) is 4.74 Å². The van der Waals surface area contributed by atoms with Gasteiger partial charge >= 0.3 is 5.69 Å². The van der Waals surface area contributed by atoms with Crippen molar-refractivity contribution in [3.05, 3.63) is 80.7 Å². The van der Waals surface area contributed by atoms with Gasteiger partial charge in [0, 0.05) is 5.56 Å². The van der Waals surface area contributed by atoms with Gasteiger partial charge < -0.3 is 4.74 Å². The number of nitrogens with zero attached hydrogens (tertiary/aromatic N) is 4. The number of amides is 1. The molecule has 0 radical (unpaired) electrons. The Kier molecular flexibility index (Phi) is 8.17. The quantitative estimate of drug-likeness (QED) is 0.238. The highest BCUT2D eigenvalue weighted by Crippen LogP contribution is 2.25. The summed E-state index contributed by atoms with van der Waals surface area (Å²) >= 11 is 0. The second-order valence-corrected chi connectivity index (χ2v) is 9.70. The fourth-order valence-electron chi connectivity index (χ4n) is 3.45. The second kappa shape index (κ2) is 11.1. The van der Waals surface area contributed by atoms with Crippen LogP contribution >= 0.6 is 0 Å². The average Bonchev–Trinajstić information content (AvgIpc) is 3.11. The van der Waals surface area contributed by atoms with Crippen LogP contribution in [0, 0.1) is 30.9 Å². The molecule has 0 spiro atoms. The number of aromatic nitrogens is 2. The van der Waals surface area contributed by atoms with Crippen LogP contribution in [-0.2, 0) is 21.4 Å². The highest BCUT2D eigenvalue weighted by Gasteiger charge is 2.22. The number of sulfonamides is 1. The third-order valence-corrected chi connectivity index (χ3v) is 6.72. The molecule has 0 saturated heterocycles. The van der Waals surface area contributed by atoms with E-state index in [-0.39, 0.29) is 17.1 Å². The zero-order valence-electron chi connectivity index (χ0n) is 20.2. The van der Waals surface area contributed by atoms with Gasteiger partial charge in [-0.15, -0.1) is 0 Å². The van der Waals surface area contributed by atoms with Crippen LogP contribution in [0.1, 0.15) is 28.1 Å². The van der Waals surface area contributed by atoms with Crippen LogP contribution in [0.5, 0.6) is 5.75 Å². The maximum Gasteiger partial charge on any atom is 0.312 e. The lowest BCUT2D eigenvalue weighted by Crippen LogP contribution is -2.34. The third-order valence-electron chi connectivity index (χ3n) is 5.31.